The molecule has 1 fully saturated rings. The average Bonchev–Trinajstić information content (AvgIpc) is 2.79. The van der Waals surface area contributed by atoms with Gasteiger partial charge in [0.2, 0.25) is 5.82 Å². The Labute approximate surface area is 189 Å². The lowest BCUT2D eigenvalue weighted by molar-refractivity contribution is -0.00530. The van der Waals surface area contributed by atoms with Gasteiger partial charge in [-0.25, -0.2) is 8.78 Å². The van der Waals surface area contributed by atoms with E-state index < -0.39 is 17.7 Å². The van der Waals surface area contributed by atoms with Gasteiger partial charge in [-0.3, -0.25) is 0 Å². The normalized spacial score (nSPS) is 18.2. The van der Waals surface area contributed by atoms with Crippen molar-refractivity contribution in [3.05, 3.63) is 64.5 Å². The van der Waals surface area contributed by atoms with Crippen molar-refractivity contribution in [3.63, 3.8) is 0 Å². The molecule has 2 unspecified atom stereocenters. The monoisotopic (exact) mass is 444 g/mol. The summed E-state index contributed by atoms with van der Waals surface area (Å²) >= 11 is 0. The zero-order valence-corrected chi connectivity index (χ0v) is 18.9. The smallest absolute Gasteiger partial charge is 0.200 e. The maximum Gasteiger partial charge on any atom is 0.200 e. The molecule has 0 bridgehead atoms. The number of ether oxygens (including phenoxy) is 2. The predicted octanol–water partition coefficient (Wildman–Crippen LogP) is 7.28. The van der Waals surface area contributed by atoms with Crippen LogP contribution in [-0.4, -0.2) is 13.2 Å². The summed E-state index contributed by atoms with van der Waals surface area (Å²) in [5.74, 6) is 3.57. The SMILES string of the molecule is CCCCCCCOc1ccc(C2CCC(C#Cc3ccc(C)cc3F)CO2)c(F)c1F. The van der Waals surface area contributed by atoms with Crippen LogP contribution in [0.25, 0.3) is 0 Å². The van der Waals surface area contributed by atoms with Crippen molar-refractivity contribution >= 4 is 0 Å². The van der Waals surface area contributed by atoms with E-state index in [1.54, 1.807) is 12.1 Å². The zero-order chi connectivity index (χ0) is 22.9. The van der Waals surface area contributed by atoms with Crippen molar-refractivity contribution in [3.8, 4) is 17.6 Å². The molecule has 2 aromatic rings. The topological polar surface area (TPSA) is 18.5 Å². The highest BCUT2D eigenvalue weighted by molar-refractivity contribution is 5.38. The highest BCUT2D eigenvalue weighted by Crippen LogP contribution is 2.34. The van der Waals surface area contributed by atoms with E-state index in [0.29, 0.717) is 31.6 Å². The third kappa shape index (κ3) is 6.53. The first-order valence-electron chi connectivity index (χ1n) is 11.5. The minimum atomic E-state index is -0.962. The van der Waals surface area contributed by atoms with Crippen LogP contribution in [0.1, 0.15) is 74.7 Å². The van der Waals surface area contributed by atoms with E-state index in [9.17, 15) is 13.2 Å². The maximum absolute atomic E-state index is 14.7. The lowest BCUT2D eigenvalue weighted by Crippen LogP contribution is -2.21. The third-order valence-corrected chi connectivity index (χ3v) is 5.74. The van der Waals surface area contributed by atoms with Gasteiger partial charge in [0.15, 0.2) is 11.6 Å². The van der Waals surface area contributed by atoms with Crippen LogP contribution in [0.4, 0.5) is 13.2 Å². The summed E-state index contributed by atoms with van der Waals surface area (Å²) in [4.78, 5) is 0. The van der Waals surface area contributed by atoms with Crippen molar-refractivity contribution in [1.82, 2.24) is 0 Å². The van der Waals surface area contributed by atoms with E-state index >= 15 is 0 Å². The van der Waals surface area contributed by atoms with Crippen LogP contribution in [0, 0.1) is 42.1 Å². The predicted molar refractivity (Wildman–Crippen MR) is 120 cm³/mol. The van der Waals surface area contributed by atoms with Gasteiger partial charge in [-0.2, -0.15) is 4.39 Å². The van der Waals surface area contributed by atoms with Crippen LogP contribution in [-0.2, 0) is 4.74 Å². The Kier molecular flexibility index (Phi) is 9.05. The van der Waals surface area contributed by atoms with E-state index in [0.717, 1.165) is 31.2 Å². The molecule has 2 aromatic carbocycles. The Hall–Kier alpha value is -2.45. The molecule has 1 heterocycles. The molecule has 5 heteroatoms. The maximum atomic E-state index is 14.7. The van der Waals surface area contributed by atoms with Crippen LogP contribution < -0.4 is 4.74 Å². The van der Waals surface area contributed by atoms with Crippen LogP contribution in [0.3, 0.4) is 0 Å². The van der Waals surface area contributed by atoms with Gasteiger partial charge >= 0.3 is 0 Å². The molecule has 0 radical (unpaired) electrons. The molecule has 0 aliphatic carbocycles. The number of unbranched alkanes of at least 4 members (excludes halogenated alkanes) is 4. The highest BCUT2D eigenvalue weighted by atomic mass is 19.2. The molecule has 1 aliphatic heterocycles. The first kappa shape index (κ1) is 24.2. The van der Waals surface area contributed by atoms with Crippen molar-refractivity contribution < 1.29 is 22.6 Å². The molecular weight excluding hydrogens is 413 g/mol. The van der Waals surface area contributed by atoms with Crippen molar-refractivity contribution in [2.45, 2.75) is 64.9 Å². The van der Waals surface area contributed by atoms with Gasteiger partial charge in [0.05, 0.1) is 24.9 Å². The third-order valence-electron chi connectivity index (χ3n) is 5.74. The summed E-state index contributed by atoms with van der Waals surface area (Å²) in [6, 6.07) is 7.96. The number of aryl methyl sites for hydroxylation is 1. The van der Waals surface area contributed by atoms with Gasteiger partial charge < -0.3 is 9.47 Å². The summed E-state index contributed by atoms with van der Waals surface area (Å²) < 4.78 is 54.3. The number of halogens is 3. The van der Waals surface area contributed by atoms with Crippen LogP contribution in [0.5, 0.6) is 5.75 Å². The second-order valence-corrected chi connectivity index (χ2v) is 8.39. The Morgan fingerprint density at radius 3 is 2.53 bits per heavy atom. The van der Waals surface area contributed by atoms with Gasteiger partial charge in [0.1, 0.15) is 5.82 Å². The summed E-state index contributed by atoms with van der Waals surface area (Å²) in [5.41, 5.74) is 1.40. The standard InChI is InChI=1S/C27H31F3O2/c1-3-4-5-6-7-16-31-25-15-13-22(26(29)27(25)30)24-14-10-20(18-32-24)9-12-21-11-8-19(2)17-23(21)28/h8,11,13,15,17,20,24H,3-7,10,14,16,18H2,1-2H3. The van der Waals surface area contributed by atoms with E-state index in [1.807, 2.05) is 13.0 Å². The second kappa shape index (κ2) is 12.0. The number of benzene rings is 2. The molecule has 3 rings (SSSR count). The molecule has 2 nitrogen and oxygen atoms in total. The molecule has 172 valence electrons. The number of hydrogen-bond acceptors (Lipinski definition) is 2. The first-order valence-corrected chi connectivity index (χ1v) is 11.5. The van der Waals surface area contributed by atoms with Crippen LogP contribution >= 0.6 is 0 Å². The minimum absolute atomic E-state index is 0.0542. The summed E-state index contributed by atoms with van der Waals surface area (Å²) in [6.07, 6.45) is 5.96. The minimum Gasteiger partial charge on any atom is -0.490 e. The molecule has 1 aliphatic rings. The fourth-order valence-corrected chi connectivity index (χ4v) is 3.81. The Morgan fingerprint density at radius 2 is 1.81 bits per heavy atom. The molecule has 0 aromatic heterocycles. The molecule has 32 heavy (non-hydrogen) atoms. The second-order valence-electron chi connectivity index (χ2n) is 8.39. The highest BCUT2D eigenvalue weighted by Gasteiger charge is 2.26. The molecule has 0 spiro atoms. The molecule has 0 N–H and O–H groups in total. The van der Waals surface area contributed by atoms with Crippen molar-refractivity contribution in [2.75, 3.05) is 13.2 Å². The Morgan fingerprint density at radius 1 is 1.00 bits per heavy atom. The van der Waals surface area contributed by atoms with E-state index in [4.69, 9.17) is 9.47 Å². The largest absolute Gasteiger partial charge is 0.490 e. The lowest BCUT2D eigenvalue weighted by atomic mass is 9.94. The van der Waals surface area contributed by atoms with Crippen molar-refractivity contribution in [1.29, 1.82) is 0 Å². The van der Waals surface area contributed by atoms with Gasteiger partial charge in [-0.1, -0.05) is 50.5 Å². The molecular formula is C27H31F3O2. The number of rotatable bonds is 8. The van der Waals surface area contributed by atoms with E-state index in [-0.39, 0.29) is 23.0 Å². The van der Waals surface area contributed by atoms with Gasteiger partial charge in [0.25, 0.3) is 0 Å². The van der Waals surface area contributed by atoms with E-state index in [1.165, 1.54) is 18.6 Å². The van der Waals surface area contributed by atoms with Gasteiger partial charge in [0, 0.05) is 11.5 Å². The summed E-state index contributed by atoms with van der Waals surface area (Å²) in [6.45, 7) is 4.64. The fraction of sp³-hybridized carbons (Fsp3) is 0.481. The average molecular weight is 445 g/mol. The van der Waals surface area contributed by atoms with Gasteiger partial charge in [-0.15, -0.1) is 0 Å². The summed E-state index contributed by atoms with van der Waals surface area (Å²) in [5, 5.41) is 0. The molecule has 0 saturated carbocycles. The lowest BCUT2D eigenvalue weighted by Gasteiger charge is -2.27. The Balaban J connectivity index is 1.54. The van der Waals surface area contributed by atoms with Crippen LogP contribution in [0.15, 0.2) is 30.3 Å². The molecule has 2 atom stereocenters. The molecule has 1 saturated heterocycles. The fourth-order valence-electron chi connectivity index (χ4n) is 3.81. The summed E-state index contributed by atoms with van der Waals surface area (Å²) in [7, 11) is 0. The first-order chi connectivity index (χ1) is 15.5. The van der Waals surface area contributed by atoms with Crippen LogP contribution in [0.2, 0.25) is 0 Å². The quantitative estimate of drug-likeness (QED) is 0.315. The van der Waals surface area contributed by atoms with Crippen molar-refractivity contribution in [2.24, 2.45) is 5.92 Å². The molecule has 0 amide bonds. The van der Waals surface area contributed by atoms with Gasteiger partial charge in [-0.05, 0) is 56.0 Å². The zero-order valence-electron chi connectivity index (χ0n) is 18.9. The van der Waals surface area contributed by atoms with E-state index in [2.05, 4.69) is 18.8 Å². The number of hydrogen-bond donors (Lipinski definition) is 0. The Bertz CT molecular complexity index is 953.